The van der Waals surface area contributed by atoms with Crippen LogP contribution in [0.4, 0.5) is 0 Å². The predicted octanol–water partition coefficient (Wildman–Crippen LogP) is 3.91. The lowest BCUT2D eigenvalue weighted by Gasteiger charge is -2.19. The number of halogens is 2. The number of aliphatic hydroxyl groups excluding tert-OH is 1. The summed E-state index contributed by atoms with van der Waals surface area (Å²) in [5.74, 6) is 0.647. The number of nitrogens with zero attached hydrogens (tertiary/aromatic N) is 1. The predicted molar refractivity (Wildman–Crippen MR) is 88.4 cm³/mol. The third-order valence-electron chi connectivity index (χ3n) is 3.10. The molecule has 2 unspecified atom stereocenters. The smallest absolute Gasteiger partial charge is 0.137 e. The summed E-state index contributed by atoms with van der Waals surface area (Å²) in [6.45, 7) is 3.87. The molecule has 1 aromatic carbocycles. The first kappa shape index (κ1) is 17.0. The number of pyridine rings is 1. The fourth-order valence-electron chi connectivity index (χ4n) is 1.99. The Kier molecular flexibility index (Phi) is 5.64. The van der Waals surface area contributed by atoms with Crippen molar-refractivity contribution in [1.82, 2.24) is 4.98 Å². The molecule has 0 aliphatic carbocycles. The van der Waals surface area contributed by atoms with Gasteiger partial charge in [-0.15, -0.1) is 0 Å². The molecule has 0 aliphatic heterocycles. The lowest BCUT2D eigenvalue weighted by atomic mass is 10.00. The van der Waals surface area contributed by atoms with E-state index in [1.807, 2.05) is 13.8 Å². The van der Waals surface area contributed by atoms with Gasteiger partial charge in [0.2, 0.25) is 0 Å². The molecule has 0 fully saturated rings. The standard InChI is InChI=1S/C16H18Cl2N2O2/c1-9(2)22-11-4-6-14(20-8-11)16(21)15(19)10-3-5-12(17)13(18)7-10/h3-9,15-16,21H,19H2,1-2H3. The second-order valence-electron chi connectivity index (χ2n) is 5.23. The van der Waals surface area contributed by atoms with Crippen LogP contribution in [0.2, 0.25) is 10.0 Å². The third-order valence-corrected chi connectivity index (χ3v) is 3.84. The van der Waals surface area contributed by atoms with E-state index in [4.69, 9.17) is 33.7 Å². The van der Waals surface area contributed by atoms with Crippen LogP contribution < -0.4 is 10.5 Å². The molecule has 0 spiro atoms. The summed E-state index contributed by atoms with van der Waals surface area (Å²) in [7, 11) is 0. The van der Waals surface area contributed by atoms with E-state index in [1.54, 1.807) is 36.5 Å². The van der Waals surface area contributed by atoms with Crippen LogP contribution in [0.1, 0.15) is 37.3 Å². The summed E-state index contributed by atoms with van der Waals surface area (Å²) < 4.78 is 5.52. The molecule has 0 amide bonds. The van der Waals surface area contributed by atoms with Crippen LogP contribution in [0.5, 0.6) is 5.75 Å². The Balaban J connectivity index is 2.15. The summed E-state index contributed by atoms with van der Waals surface area (Å²) in [4.78, 5) is 4.20. The molecular formula is C16H18Cl2N2O2. The van der Waals surface area contributed by atoms with E-state index in [9.17, 15) is 5.11 Å². The molecule has 3 N–H and O–H groups in total. The van der Waals surface area contributed by atoms with Crippen molar-refractivity contribution in [2.45, 2.75) is 32.1 Å². The van der Waals surface area contributed by atoms with Crippen molar-refractivity contribution in [3.05, 3.63) is 57.8 Å². The highest BCUT2D eigenvalue weighted by Crippen LogP contribution is 2.30. The van der Waals surface area contributed by atoms with Crippen LogP contribution >= 0.6 is 23.2 Å². The molecular weight excluding hydrogens is 323 g/mol. The van der Waals surface area contributed by atoms with E-state index in [1.165, 1.54) is 0 Å². The van der Waals surface area contributed by atoms with Crippen molar-refractivity contribution in [1.29, 1.82) is 0 Å². The Morgan fingerprint density at radius 3 is 2.41 bits per heavy atom. The Hall–Kier alpha value is -1.33. The number of benzene rings is 1. The maximum absolute atomic E-state index is 10.4. The van der Waals surface area contributed by atoms with Crippen LogP contribution in [-0.4, -0.2) is 16.2 Å². The minimum atomic E-state index is -0.953. The first-order chi connectivity index (χ1) is 10.4. The van der Waals surface area contributed by atoms with E-state index in [0.29, 0.717) is 27.1 Å². The fraction of sp³-hybridized carbons (Fsp3) is 0.312. The van der Waals surface area contributed by atoms with Crippen LogP contribution in [0.15, 0.2) is 36.5 Å². The van der Waals surface area contributed by atoms with Gasteiger partial charge in [0.1, 0.15) is 11.9 Å². The Labute approximate surface area is 139 Å². The van der Waals surface area contributed by atoms with Crippen LogP contribution in [-0.2, 0) is 0 Å². The molecule has 2 atom stereocenters. The zero-order chi connectivity index (χ0) is 16.3. The third kappa shape index (κ3) is 4.11. The molecule has 0 bridgehead atoms. The zero-order valence-electron chi connectivity index (χ0n) is 12.3. The molecule has 1 aromatic heterocycles. The molecule has 0 radical (unpaired) electrons. The van der Waals surface area contributed by atoms with Crippen LogP contribution in [0.3, 0.4) is 0 Å². The Morgan fingerprint density at radius 2 is 1.86 bits per heavy atom. The molecule has 2 rings (SSSR count). The Morgan fingerprint density at radius 1 is 1.14 bits per heavy atom. The highest BCUT2D eigenvalue weighted by molar-refractivity contribution is 6.42. The first-order valence-corrected chi connectivity index (χ1v) is 7.65. The van der Waals surface area contributed by atoms with E-state index >= 15 is 0 Å². The van der Waals surface area contributed by atoms with Crippen molar-refractivity contribution in [2.24, 2.45) is 5.73 Å². The number of nitrogens with two attached hydrogens (primary N) is 1. The largest absolute Gasteiger partial charge is 0.489 e. The van der Waals surface area contributed by atoms with Crippen molar-refractivity contribution in [3.63, 3.8) is 0 Å². The topological polar surface area (TPSA) is 68.4 Å². The van der Waals surface area contributed by atoms with Gasteiger partial charge < -0.3 is 15.6 Å². The number of rotatable bonds is 5. The van der Waals surface area contributed by atoms with Gasteiger partial charge in [0.05, 0.1) is 34.1 Å². The molecule has 2 aromatic rings. The van der Waals surface area contributed by atoms with Crippen LogP contribution in [0, 0.1) is 0 Å². The fourth-order valence-corrected chi connectivity index (χ4v) is 2.30. The molecule has 0 aliphatic rings. The summed E-state index contributed by atoms with van der Waals surface area (Å²) >= 11 is 11.9. The summed E-state index contributed by atoms with van der Waals surface area (Å²) in [5.41, 5.74) is 7.24. The minimum Gasteiger partial charge on any atom is -0.489 e. The molecule has 4 nitrogen and oxygen atoms in total. The number of aliphatic hydroxyl groups is 1. The lowest BCUT2D eigenvalue weighted by Crippen LogP contribution is -2.20. The van der Waals surface area contributed by atoms with Gasteiger partial charge in [-0.25, -0.2) is 0 Å². The number of hydrogen-bond donors (Lipinski definition) is 2. The molecule has 0 saturated heterocycles. The summed E-state index contributed by atoms with van der Waals surface area (Å²) in [6, 6.07) is 7.83. The molecule has 22 heavy (non-hydrogen) atoms. The number of hydrogen-bond acceptors (Lipinski definition) is 4. The van der Waals surface area contributed by atoms with Gasteiger partial charge in [-0.05, 0) is 43.7 Å². The molecule has 118 valence electrons. The second kappa shape index (κ2) is 7.29. The van der Waals surface area contributed by atoms with E-state index in [-0.39, 0.29) is 6.10 Å². The van der Waals surface area contributed by atoms with E-state index in [2.05, 4.69) is 4.98 Å². The van der Waals surface area contributed by atoms with Crippen molar-refractivity contribution in [2.75, 3.05) is 0 Å². The van der Waals surface area contributed by atoms with Gasteiger partial charge in [0.25, 0.3) is 0 Å². The highest BCUT2D eigenvalue weighted by Gasteiger charge is 2.20. The van der Waals surface area contributed by atoms with Crippen molar-refractivity contribution < 1.29 is 9.84 Å². The van der Waals surface area contributed by atoms with Crippen LogP contribution in [0.25, 0.3) is 0 Å². The SMILES string of the molecule is CC(C)Oc1ccc(C(O)C(N)c2ccc(Cl)c(Cl)c2)nc1. The monoisotopic (exact) mass is 340 g/mol. The molecule has 6 heteroatoms. The maximum atomic E-state index is 10.4. The zero-order valence-corrected chi connectivity index (χ0v) is 13.8. The summed E-state index contributed by atoms with van der Waals surface area (Å²) in [6.07, 6.45) is 0.682. The van der Waals surface area contributed by atoms with Gasteiger partial charge in [-0.1, -0.05) is 29.3 Å². The van der Waals surface area contributed by atoms with E-state index in [0.717, 1.165) is 0 Å². The summed E-state index contributed by atoms with van der Waals surface area (Å²) in [5, 5.41) is 11.2. The van der Waals surface area contributed by atoms with Crippen molar-refractivity contribution >= 4 is 23.2 Å². The molecule has 0 saturated carbocycles. The lowest BCUT2D eigenvalue weighted by molar-refractivity contribution is 0.142. The van der Waals surface area contributed by atoms with Gasteiger partial charge in [-0.2, -0.15) is 0 Å². The van der Waals surface area contributed by atoms with E-state index < -0.39 is 12.1 Å². The minimum absolute atomic E-state index is 0.0658. The average Bonchev–Trinajstić information content (AvgIpc) is 2.49. The highest BCUT2D eigenvalue weighted by atomic mass is 35.5. The molecule has 1 heterocycles. The Bertz CT molecular complexity index is 633. The van der Waals surface area contributed by atoms with Gasteiger partial charge in [-0.3, -0.25) is 4.98 Å². The quantitative estimate of drug-likeness (QED) is 0.865. The average molecular weight is 341 g/mol. The van der Waals surface area contributed by atoms with Crippen molar-refractivity contribution in [3.8, 4) is 5.75 Å². The number of aromatic nitrogens is 1. The second-order valence-corrected chi connectivity index (χ2v) is 6.04. The van der Waals surface area contributed by atoms with Gasteiger partial charge in [0.15, 0.2) is 0 Å². The van der Waals surface area contributed by atoms with Gasteiger partial charge in [0, 0.05) is 0 Å². The normalized spacial score (nSPS) is 14.0. The van der Waals surface area contributed by atoms with Gasteiger partial charge >= 0.3 is 0 Å². The number of ether oxygens (including phenoxy) is 1. The maximum Gasteiger partial charge on any atom is 0.137 e. The first-order valence-electron chi connectivity index (χ1n) is 6.89.